The fourth-order valence-electron chi connectivity index (χ4n) is 2.42. The third-order valence-electron chi connectivity index (χ3n) is 3.80. The van der Waals surface area contributed by atoms with Crippen molar-refractivity contribution in [1.82, 2.24) is 15.2 Å². The number of aromatic nitrogens is 3. The first-order chi connectivity index (χ1) is 10.9. The van der Waals surface area contributed by atoms with Crippen LogP contribution in [0.1, 0.15) is 23.7 Å². The van der Waals surface area contributed by atoms with Crippen LogP contribution in [0.3, 0.4) is 0 Å². The minimum absolute atomic E-state index is 0.0991. The van der Waals surface area contributed by atoms with Crippen LogP contribution in [0.4, 0.5) is 13.2 Å². The summed E-state index contributed by atoms with van der Waals surface area (Å²) in [5.74, 6) is 0.342. The monoisotopic (exact) mass is 329 g/mol. The second-order valence-electron chi connectivity index (χ2n) is 5.24. The van der Waals surface area contributed by atoms with E-state index >= 15 is 0 Å². The summed E-state index contributed by atoms with van der Waals surface area (Å²) in [4.78, 5) is 3.56. The predicted molar refractivity (Wildman–Crippen MR) is 71.4 cm³/mol. The van der Waals surface area contributed by atoms with Crippen molar-refractivity contribution in [2.75, 3.05) is 20.3 Å². The molecule has 3 rings (SSSR count). The standard InChI is InChI=1S/C14H14F3N3O3/c1-8-9(3-4-10(18-8)14(15,16)17)11-19-20-12(23-11)13(21-2)5-6-22-7-13/h3-4H,5-7H2,1-2H3. The zero-order valence-electron chi connectivity index (χ0n) is 12.5. The highest BCUT2D eigenvalue weighted by molar-refractivity contribution is 5.56. The number of pyridine rings is 1. The predicted octanol–water partition coefficient (Wildman–Crippen LogP) is 2.72. The van der Waals surface area contributed by atoms with Crippen molar-refractivity contribution in [2.24, 2.45) is 0 Å². The number of nitrogens with zero attached hydrogens (tertiary/aromatic N) is 3. The molecule has 2 aromatic heterocycles. The summed E-state index contributed by atoms with van der Waals surface area (Å²) in [7, 11) is 1.52. The highest BCUT2D eigenvalue weighted by Gasteiger charge is 2.42. The largest absolute Gasteiger partial charge is 0.433 e. The molecule has 0 N–H and O–H groups in total. The fraction of sp³-hybridized carbons (Fsp3) is 0.500. The Morgan fingerprint density at radius 1 is 1.26 bits per heavy atom. The molecule has 23 heavy (non-hydrogen) atoms. The van der Waals surface area contributed by atoms with Gasteiger partial charge in [-0.05, 0) is 19.1 Å². The molecule has 1 unspecified atom stereocenters. The van der Waals surface area contributed by atoms with Crippen LogP contribution in [0.15, 0.2) is 16.5 Å². The van der Waals surface area contributed by atoms with Crippen molar-refractivity contribution >= 4 is 0 Å². The van der Waals surface area contributed by atoms with Gasteiger partial charge in [0.25, 0.3) is 5.89 Å². The lowest BCUT2D eigenvalue weighted by Crippen LogP contribution is -2.29. The summed E-state index contributed by atoms with van der Waals surface area (Å²) in [5.41, 5.74) is -1.26. The average molecular weight is 329 g/mol. The molecule has 0 bridgehead atoms. The molecule has 1 fully saturated rings. The molecular formula is C14H14F3N3O3. The van der Waals surface area contributed by atoms with Crippen molar-refractivity contribution in [3.05, 3.63) is 29.4 Å². The van der Waals surface area contributed by atoms with Crippen molar-refractivity contribution in [3.8, 4) is 11.5 Å². The molecule has 0 saturated carbocycles. The summed E-state index contributed by atoms with van der Waals surface area (Å²) in [6.45, 7) is 2.25. The van der Waals surface area contributed by atoms with E-state index in [1.165, 1.54) is 20.1 Å². The third kappa shape index (κ3) is 2.81. The topological polar surface area (TPSA) is 70.3 Å². The SMILES string of the molecule is COC1(c2nnc(-c3ccc(C(F)(F)F)nc3C)o2)CCOC1. The number of methoxy groups -OCH3 is 1. The Hall–Kier alpha value is -2.00. The summed E-state index contributed by atoms with van der Waals surface area (Å²) in [6, 6.07) is 2.16. The molecule has 9 heteroatoms. The van der Waals surface area contributed by atoms with E-state index in [2.05, 4.69) is 15.2 Å². The van der Waals surface area contributed by atoms with E-state index in [0.29, 0.717) is 18.6 Å². The van der Waals surface area contributed by atoms with E-state index in [0.717, 1.165) is 6.07 Å². The normalized spacial score (nSPS) is 21.8. The van der Waals surface area contributed by atoms with Gasteiger partial charge in [0.05, 0.1) is 24.5 Å². The molecule has 0 amide bonds. The van der Waals surface area contributed by atoms with Crippen LogP contribution < -0.4 is 0 Å². The van der Waals surface area contributed by atoms with Crippen molar-refractivity contribution < 1.29 is 27.1 Å². The van der Waals surface area contributed by atoms with Crippen LogP contribution in [-0.2, 0) is 21.3 Å². The molecule has 124 valence electrons. The smallest absolute Gasteiger partial charge is 0.417 e. The van der Waals surface area contributed by atoms with Gasteiger partial charge in [-0.25, -0.2) is 4.98 Å². The van der Waals surface area contributed by atoms with Gasteiger partial charge in [0, 0.05) is 13.5 Å². The van der Waals surface area contributed by atoms with E-state index in [9.17, 15) is 13.2 Å². The van der Waals surface area contributed by atoms with Crippen LogP contribution in [0.25, 0.3) is 11.5 Å². The van der Waals surface area contributed by atoms with Gasteiger partial charge in [-0.3, -0.25) is 0 Å². The van der Waals surface area contributed by atoms with E-state index in [4.69, 9.17) is 13.9 Å². The molecule has 1 aliphatic rings. The molecule has 0 radical (unpaired) electrons. The maximum atomic E-state index is 12.7. The van der Waals surface area contributed by atoms with Crippen molar-refractivity contribution in [3.63, 3.8) is 0 Å². The summed E-state index contributed by atoms with van der Waals surface area (Å²) < 4.78 is 54.3. The molecule has 6 nitrogen and oxygen atoms in total. The average Bonchev–Trinajstić information content (AvgIpc) is 3.16. The highest BCUT2D eigenvalue weighted by Crippen LogP contribution is 2.35. The lowest BCUT2D eigenvalue weighted by atomic mass is 10.0. The van der Waals surface area contributed by atoms with Crippen molar-refractivity contribution in [2.45, 2.75) is 25.1 Å². The number of halogens is 3. The van der Waals surface area contributed by atoms with Crippen LogP contribution in [0.5, 0.6) is 0 Å². The van der Waals surface area contributed by atoms with Crippen LogP contribution in [-0.4, -0.2) is 35.5 Å². The van der Waals surface area contributed by atoms with Crippen LogP contribution in [0.2, 0.25) is 0 Å². The molecule has 1 saturated heterocycles. The van der Waals surface area contributed by atoms with Gasteiger partial charge in [0.1, 0.15) is 5.69 Å². The fourth-order valence-corrected chi connectivity index (χ4v) is 2.42. The second kappa shape index (κ2) is 5.57. The first-order valence-corrected chi connectivity index (χ1v) is 6.88. The molecule has 0 aromatic carbocycles. The second-order valence-corrected chi connectivity index (χ2v) is 5.24. The van der Waals surface area contributed by atoms with Crippen molar-refractivity contribution in [1.29, 1.82) is 0 Å². The van der Waals surface area contributed by atoms with Crippen LogP contribution in [0, 0.1) is 6.92 Å². The number of ether oxygens (including phenoxy) is 2. The number of aryl methyl sites for hydroxylation is 1. The number of alkyl halides is 3. The van der Waals surface area contributed by atoms with E-state index in [1.807, 2.05) is 0 Å². The molecule has 2 aromatic rings. The zero-order valence-corrected chi connectivity index (χ0v) is 12.5. The molecular weight excluding hydrogens is 315 g/mol. The minimum Gasteiger partial charge on any atom is -0.417 e. The lowest BCUT2D eigenvalue weighted by molar-refractivity contribution is -0.141. The quantitative estimate of drug-likeness (QED) is 0.862. The Morgan fingerprint density at radius 3 is 2.61 bits per heavy atom. The third-order valence-corrected chi connectivity index (χ3v) is 3.80. The number of hydrogen-bond acceptors (Lipinski definition) is 6. The maximum absolute atomic E-state index is 12.7. The number of hydrogen-bond donors (Lipinski definition) is 0. The molecule has 3 heterocycles. The Morgan fingerprint density at radius 2 is 2.04 bits per heavy atom. The van der Waals surface area contributed by atoms with Gasteiger partial charge < -0.3 is 13.9 Å². The Kier molecular flexibility index (Phi) is 3.85. The Labute approximate surface area is 129 Å². The van der Waals surface area contributed by atoms with Crippen LogP contribution >= 0.6 is 0 Å². The maximum Gasteiger partial charge on any atom is 0.433 e. The first kappa shape index (κ1) is 15.9. The highest BCUT2D eigenvalue weighted by atomic mass is 19.4. The van der Waals surface area contributed by atoms with E-state index < -0.39 is 17.5 Å². The summed E-state index contributed by atoms with van der Waals surface area (Å²) >= 11 is 0. The van der Waals surface area contributed by atoms with Gasteiger partial charge in [0.2, 0.25) is 5.89 Å². The van der Waals surface area contributed by atoms with Gasteiger partial charge in [-0.2, -0.15) is 13.2 Å². The first-order valence-electron chi connectivity index (χ1n) is 6.88. The summed E-state index contributed by atoms with van der Waals surface area (Å²) in [6.07, 6.45) is -3.93. The number of rotatable bonds is 3. The Balaban J connectivity index is 1.95. The minimum atomic E-state index is -4.50. The van der Waals surface area contributed by atoms with Gasteiger partial charge in [0.15, 0.2) is 5.60 Å². The summed E-state index contributed by atoms with van der Waals surface area (Å²) in [5, 5.41) is 7.86. The van der Waals surface area contributed by atoms with E-state index in [1.54, 1.807) is 0 Å². The van der Waals surface area contributed by atoms with Gasteiger partial charge in [-0.1, -0.05) is 0 Å². The zero-order chi connectivity index (χ0) is 16.7. The Bertz CT molecular complexity index is 709. The van der Waals surface area contributed by atoms with E-state index in [-0.39, 0.29) is 24.1 Å². The van der Waals surface area contributed by atoms with Gasteiger partial charge >= 0.3 is 6.18 Å². The molecule has 0 spiro atoms. The van der Waals surface area contributed by atoms with Gasteiger partial charge in [-0.15, -0.1) is 10.2 Å². The lowest BCUT2D eigenvalue weighted by Gasteiger charge is -2.20. The molecule has 0 aliphatic carbocycles. The molecule has 1 aliphatic heterocycles. The molecule has 1 atom stereocenters.